The fraction of sp³-hybridized carbons (Fsp3) is 0.250. The minimum atomic E-state index is -0.284. The highest BCUT2D eigenvalue weighted by atomic mass is 32.1. The van der Waals surface area contributed by atoms with Gasteiger partial charge in [0.15, 0.2) is 18.1 Å². The van der Waals surface area contributed by atoms with E-state index in [1.165, 1.54) is 10.7 Å². The molecule has 0 saturated heterocycles. The van der Waals surface area contributed by atoms with E-state index in [1.54, 1.807) is 29.5 Å². The number of rotatable bonds is 9. The maximum absolute atomic E-state index is 12.0. The molecule has 0 bridgehead atoms. The summed E-state index contributed by atoms with van der Waals surface area (Å²) in [6.45, 7) is 2.81. The van der Waals surface area contributed by atoms with Crippen molar-refractivity contribution in [3.8, 4) is 22.1 Å². The number of carbonyl (C=O) groups excluding carboxylic acids is 1. The van der Waals surface area contributed by atoms with Gasteiger partial charge >= 0.3 is 0 Å². The third kappa shape index (κ3) is 5.20. The van der Waals surface area contributed by atoms with Crippen LogP contribution in [0.5, 0.6) is 11.5 Å². The molecule has 0 saturated carbocycles. The highest BCUT2D eigenvalue weighted by Crippen LogP contribution is 2.26. The number of para-hydroxylation sites is 2. The van der Waals surface area contributed by atoms with E-state index in [9.17, 15) is 9.59 Å². The van der Waals surface area contributed by atoms with Gasteiger partial charge in [-0.25, -0.2) is 4.68 Å². The summed E-state index contributed by atoms with van der Waals surface area (Å²) in [6.07, 6.45) is 0. The zero-order chi connectivity index (χ0) is 19.8. The number of nitrogens with one attached hydrogen (secondary N) is 1. The van der Waals surface area contributed by atoms with Crippen molar-refractivity contribution < 1.29 is 14.3 Å². The van der Waals surface area contributed by atoms with Gasteiger partial charge in [0.05, 0.1) is 18.0 Å². The van der Waals surface area contributed by atoms with Gasteiger partial charge < -0.3 is 14.8 Å². The molecule has 2 aromatic heterocycles. The van der Waals surface area contributed by atoms with E-state index in [2.05, 4.69) is 10.4 Å². The number of benzene rings is 1. The number of thiophene rings is 1. The zero-order valence-electron chi connectivity index (χ0n) is 15.5. The third-order valence-corrected chi connectivity index (χ3v) is 4.69. The average molecular weight is 399 g/mol. The maximum atomic E-state index is 12.0. The minimum Gasteiger partial charge on any atom is -0.490 e. The summed E-state index contributed by atoms with van der Waals surface area (Å²) in [5.74, 6) is 0.828. The van der Waals surface area contributed by atoms with Crippen LogP contribution in [0.1, 0.15) is 6.92 Å². The van der Waals surface area contributed by atoms with Gasteiger partial charge in [-0.05, 0) is 36.6 Å². The van der Waals surface area contributed by atoms with Crippen LogP contribution in [0.2, 0.25) is 0 Å². The number of hydrogen-bond donors (Lipinski definition) is 1. The van der Waals surface area contributed by atoms with Crippen LogP contribution in [-0.4, -0.2) is 35.4 Å². The molecule has 3 rings (SSSR count). The number of amides is 1. The van der Waals surface area contributed by atoms with Crippen LogP contribution >= 0.6 is 11.3 Å². The Morgan fingerprint density at radius 3 is 2.61 bits per heavy atom. The summed E-state index contributed by atoms with van der Waals surface area (Å²) in [5, 5.41) is 9.04. The van der Waals surface area contributed by atoms with E-state index in [-0.39, 0.29) is 31.2 Å². The number of ether oxygens (including phenoxy) is 2. The fourth-order valence-corrected chi connectivity index (χ4v) is 3.20. The van der Waals surface area contributed by atoms with Crippen molar-refractivity contribution in [2.75, 3.05) is 19.8 Å². The Kier molecular flexibility index (Phi) is 6.80. The van der Waals surface area contributed by atoms with E-state index in [4.69, 9.17) is 9.47 Å². The zero-order valence-corrected chi connectivity index (χ0v) is 16.3. The van der Waals surface area contributed by atoms with Crippen LogP contribution < -0.4 is 20.3 Å². The molecule has 0 aliphatic carbocycles. The van der Waals surface area contributed by atoms with E-state index in [1.807, 2.05) is 36.6 Å². The summed E-state index contributed by atoms with van der Waals surface area (Å²) in [4.78, 5) is 25.0. The molecule has 0 radical (unpaired) electrons. The summed E-state index contributed by atoms with van der Waals surface area (Å²) in [5.41, 5.74) is 0.522. The van der Waals surface area contributed by atoms with E-state index < -0.39 is 0 Å². The topological polar surface area (TPSA) is 82.4 Å². The second-order valence-corrected chi connectivity index (χ2v) is 6.72. The Morgan fingerprint density at radius 1 is 1.11 bits per heavy atom. The summed E-state index contributed by atoms with van der Waals surface area (Å²) >= 11 is 1.55. The second kappa shape index (κ2) is 9.70. The number of hydrogen-bond acceptors (Lipinski definition) is 6. The molecule has 3 aromatic rings. The van der Waals surface area contributed by atoms with Crippen molar-refractivity contribution in [3.05, 3.63) is 64.3 Å². The van der Waals surface area contributed by atoms with E-state index >= 15 is 0 Å². The van der Waals surface area contributed by atoms with E-state index in [0.29, 0.717) is 18.1 Å². The Hall–Kier alpha value is -3.13. The predicted octanol–water partition coefficient (Wildman–Crippen LogP) is 2.57. The van der Waals surface area contributed by atoms with Crippen LogP contribution in [-0.2, 0) is 11.3 Å². The van der Waals surface area contributed by atoms with Crippen LogP contribution in [0.3, 0.4) is 0 Å². The molecule has 28 heavy (non-hydrogen) atoms. The van der Waals surface area contributed by atoms with Crippen molar-refractivity contribution in [2.24, 2.45) is 0 Å². The van der Waals surface area contributed by atoms with Gasteiger partial charge in [0.25, 0.3) is 11.5 Å². The molecule has 1 amide bonds. The van der Waals surface area contributed by atoms with Gasteiger partial charge in [0, 0.05) is 12.6 Å². The Labute approximate surface area is 166 Å². The molecule has 2 heterocycles. The Bertz CT molecular complexity index is 970. The van der Waals surface area contributed by atoms with Crippen LogP contribution in [0, 0.1) is 0 Å². The number of carbonyl (C=O) groups is 1. The SMILES string of the molecule is CCOc1ccccc1OCC(=O)NCCn1nc(-c2cccs2)ccc1=O. The Morgan fingerprint density at radius 2 is 1.89 bits per heavy atom. The molecule has 1 N–H and O–H groups in total. The molecule has 146 valence electrons. The van der Waals surface area contributed by atoms with Gasteiger partial charge in [-0.15, -0.1) is 11.3 Å². The summed E-state index contributed by atoms with van der Waals surface area (Å²) in [6, 6.07) is 14.3. The first kappa shape index (κ1) is 19.6. The second-order valence-electron chi connectivity index (χ2n) is 5.78. The van der Waals surface area contributed by atoms with Crippen LogP contribution in [0.25, 0.3) is 10.6 Å². The van der Waals surface area contributed by atoms with Crippen molar-refractivity contribution in [2.45, 2.75) is 13.5 Å². The van der Waals surface area contributed by atoms with Crippen LogP contribution in [0.15, 0.2) is 58.7 Å². The molecule has 0 unspecified atom stereocenters. The van der Waals surface area contributed by atoms with Crippen molar-refractivity contribution in [1.29, 1.82) is 0 Å². The average Bonchev–Trinajstić information content (AvgIpc) is 3.24. The smallest absolute Gasteiger partial charge is 0.266 e. The lowest BCUT2D eigenvalue weighted by molar-refractivity contribution is -0.123. The normalized spacial score (nSPS) is 10.5. The summed E-state index contributed by atoms with van der Waals surface area (Å²) in [7, 11) is 0. The molecule has 0 aliphatic rings. The van der Waals surface area contributed by atoms with E-state index in [0.717, 1.165) is 10.6 Å². The first-order chi connectivity index (χ1) is 13.7. The first-order valence-electron chi connectivity index (χ1n) is 8.90. The lowest BCUT2D eigenvalue weighted by atomic mass is 10.3. The lowest BCUT2D eigenvalue weighted by Gasteiger charge is -2.12. The lowest BCUT2D eigenvalue weighted by Crippen LogP contribution is -2.34. The largest absolute Gasteiger partial charge is 0.490 e. The third-order valence-electron chi connectivity index (χ3n) is 3.79. The highest BCUT2D eigenvalue weighted by Gasteiger charge is 2.08. The fourth-order valence-electron chi connectivity index (χ4n) is 2.50. The molecule has 0 atom stereocenters. The molecule has 0 fully saturated rings. The predicted molar refractivity (Wildman–Crippen MR) is 108 cm³/mol. The van der Waals surface area contributed by atoms with Crippen molar-refractivity contribution in [1.82, 2.24) is 15.1 Å². The Balaban J connectivity index is 1.51. The van der Waals surface area contributed by atoms with Crippen molar-refractivity contribution >= 4 is 17.2 Å². The van der Waals surface area contributed by atoms with Crippen molar-refractivity contribution in [3.63, 3.8) is 0 Å². The molecule has 0 spiro atoms. The van der Waals surface area contributed by atoms with Gasteiger partial charge in [-0.2, -0.15) is 5.10 Å². The standard InChI is InChI=1S/C20H21N3O4S/c1-2-26-16-6-3-4-7-17(16)27-14-19(24)21-11-12-23-20(25)10-9-15(22-23)18-8-5-13-28-18/h3-10,13H,2,11-12,14H2,1H3,(H,21,24). The van der Waals surface area contributed by atoms with Crippen LogP contribution in [0.4, 0.5) is 0 Å². The molecule has 7 nitrogen and oxygen atoms in total. The highest BCUT2D eigenvalue weighted by molar-refractivity contribution is 7.13. The first-order valence-corrected chi connectivity index (χ1v) is 9.78. The molecular weight excluding hydrogens is 378 g/mol. The molecule has 0 aliphatic heterocycles. The number of nitrogens with zero attached hydrogens (tertiary/aromatic N) is 2. The molecule has 8 heteroatoms. The van der Waals surface area contributed by atoms with Gasteiger partial charge in [0.2, 0.25) is 0 Å². The van der Waals surface area contributed by atoms with Gasteiger partial charge in [-0.3, -0.25) is 9.59 Å². The molecule has 1 aromatic carbocycles. The quantitative estimate of drug-likeness (QED) is 0.598. The number of aromatic nitrogens is 2. The van der Waals surface area contributed by atoms with Gasteiger partial charge in [-0.1, -0.05) is 18.2 Å². The minimum absolute atomic E-state index is 0.137. The monoisotopic (exact) mass is 399 g/mol. The summed E-state index contributed by atoms with van der Waals surface area (Å²) < 4.78 is 12.3. The molecular formula is C20H21N3O4S. The van der Waals surface area contributed by atoms with Gasteiger partial charge in [0.1, 0.15) is 5.69 Å². The maximum Gasteiger partial charge on any atom is 0.266 e.